The van der Waals surface area contributed by atoms with E-state index in [2.05, 4.69) is 35.4 Å². The van der Waals surface area contributed by atoms with Gasteiger partial charge in [-0.25, -0.2) is 4.98 Å². The van der Waals surface area contributed by atoms with Crippen LogP contribution in [-0.4, -0.2) is 27.6 Å². The van der Waals surface area contributed by atoms with Crippen molar-refractivity contribution in [3.63, 3.8) is 0 Å². The molecule has 80 valence electrons. The molecule has 2 N–H and O–H groups in total. The van der Waals surface area contributed by atoms with Gasteiger partial charge in [-0.05, 0) is 6.42 Å². The van der Waals surface area contributed by atoms with Crippen LogP contribution in [0.25, 0.3) is 0 Å². The normalized spacial score (nSPS) is 11.7. The molecule has 0 spiro atoms. The van der Waals surface area contributed by atoms with Crippen LogP contribution in [0.1, 0.15) is 33.0 Å². The largest absolute Gasteiger partial charge is 0.396 e. The van der Waals surface area contributed by atoms with Gasteiger partial charge >= 0.3 is 0 Å². The van der Waals surface area contributed by atoms with E-state index >= 15 is 0 Å². The van der Waals surface area contributed by atoms with E-state index in [-0.39, 0.29) is 12.0 Å². The molecule has 0 saturated heterocycles. The van der Waals surface area contributed by atoms with Crippen LogP contribution in [0, 0.1) is 0 Å². The monoisotopic (exact) mass is 215 g/mol. The molecular weight excluding hydrogens is 198 g/mol. The van der Waals surface area contributed by atoms with Gasteiger partial charge in [0.15, 0.2) is 0 Å². The van der Waals surface area contributed by atoms with Crippen molar-refractivity contribution >= 4 is 16.7 Å². The van der Waals surface area contributed by atoms with Crippen LogP contribution >= 0.6 is 11.5 Å². The summed E-state index contributed by atoms with van der Waals surface area (Å²) >= 11 is 1.37. The highest BCUT2D eigenvalue weighted by Gasteiger charge is 2.19. The minimum absolute atomic E-state index is 0.00735. The summed E-state index contributed by atoms with van der Waals surface area (Å²) in [6, 6.07) is 0. The van der Waals surface area contributed by atoms with Crippen molar-refractivity contribution in [2.24, 2.45) is 0 Å². The standard InChI is InChI=1S/C9H17N3OS/c1-9(2,3)7-11-8(14-12-7)10-5-4-6-13/h13H,4-6H2,1-3H3,(H,10,11,12). The lowest BCUT2D eigenvalue weighted by Crippen LogP contribution is -2.13. The second-order valence-electron chi connectivity index (χ2n) is 4.18. The first-order valence-electron chi connectivity index (χ1n) is 4.73. The van der Waals surface area contributed by atoms with Crippen molar-refractivity contribution in [1.82, 2.24) is 9.36 Å². The Kier molecular flexibility index (Phi) is 3.83. The Labute approximate surface area is 88.6 Å². The average molecular weight is 215 g/mol. The molecule has 0 bridgehead atoms. The van der Waals surface area contributed by atoms with Crippen LogP contribution < -0.4 is 5.32 Å². The Morgan fingerprint density at radius 3 is 2.64 bits per heavy atom. The number of aromatic nitrogens is 2. The fourth-order valence-corrected chi connectivity index (χ4v) is 1.66. The fraction of sp³-hybridized carbons (Fsp3) is 0.778. The van der Waals surface area contributed by atoms with Gasteiger partial charge in [-0.3, -0.25) is 0 Å². The van der Waals surface area contributed by atoms with E-state index < -0.39 is 0 Å². The highest BCUT2D eigenvalue weighted by atomic mass is 32.1. The van der Waals surface area contributed by atoms with Crippen LogP contribution in [0.3, 0.4) is 0 Å². The van der Waals surface area contributed by atoms with Crippen LogP contribution in [0.5, 0.6) is 0 Å². The first kappa shape index (κ1) is 11.4. The maximum atomic E-state index is 8.61. The van der Waals surface area contributed by atoms with Gasteiger partial charge in [0.05, 0.1) is 0 Å². The predicted molar refractivity (Wildman–Crippen MR) is 58.8 cm³/mol. The Balaban J connectivity index is 2.51. The summed E-state index contributed by atoms with van der Waals surface area (Å²) in [5.74, 6) is 0.869. The molecule has 1 rings (SSSR count). The molecule has 4 nitrogen and oxygen atoms in total. The summed E-state index contributed by atoms with van der Waals surface area (Å²) in [5.41, 5.74) is 0.00735. The second kappa shape index (κ2) is 4.70. The van der Waals surface area contributed by atoms with Crippen molar-refractivity contribution in [3.05, 3.63) is 5.82 Å². The molecular formula is C9H17N3OS. The zero-order valence-electron chi connectivity index (χ0n) is 8.87. The number of nitrogens with zero attached hydrogens (tertiary/aromatic N) is 2. The Bertz CT molecular complexity index is 280. The predicted octanol–water partition coefficient (Wildman–Crippen LogP) is 1.63. The van der Waals surface area contributed by atoms with Gasteiger partial charge in [0, 0.05) is 30.1 Å². The summed E-state index contributed by atoms with van der Waals surface area (Å²) in [4.78, 5) is 4.37. The summed E-state index contributed by atoms with van der Waals surface area (Å²) in [6.45, 7) is 7.22. The zero-order valence-corrected chi connectivity index (χ0v) is 9.69. The lowest BCUT2D eigenvalue weighted by atomic mass is 9.96. The van der Waals surface area contributed by atoms with Crippen molar-refractivity contribution in [1.29, 1.82) is 0 Å². The number of hydrogen-bond donors (Lipinski definition) is 2. The third-order valence-corrected chi connectivity index (χ3v) is 2.38. The van der Waals surface area contributed by atoms with Gasteiger partial charge < -0.3 is 10.4 Å². The zero-order chi connectivity index (χ0) is 10.6. The number of aliphatic hydroxyl groups is 1. The molecule has 0 amide bonds. The van der Waals surface area contributed by atoms with Crippen LogP contribution in [0.2, 0.25) is 0 Å². The number of aliphatic hydroxyl groups excluding tert-OH is 1. The average Bonchev–Trinajstić information content (AvgIpc) is 2.52. The quantitative estimate of drug-likeness (QED) is 0.749. The number of rotatable bonds is 4. The minimum atomic E-state index is 0.00735. The summed E-state index contributed by atoms with van der Waals surface area (Å²) in [7, 11) is 0. The van der Waals surface area contributed by atoms with Crippen molar-refractivity contribution in [3.8, 4) is 0 Å². The van der Waals surface area contributed by atoms with Gasteiger partial charge in [0.25, 0.3) is 0 Å². The van der Waals surface area contributed by atoms with Gasteiger partial charge in [-0.15, -0.1) is 0 Å². The van der Waals surface area contributed by atoms with Crippen molar-refractivity contribution in [2.45, 2.75) is 32.6 Å². The molecule has 14 heavy (non-hydrogen) atoms. The van der Waals surface area contributed by atoms with Gasteiger partial charge in [0.2, 0.25) is 5.13 Å². The van der Waals surface area contributed by atoms with E-state index in [0.29, 0.717) is 0 Å². The highest BCUT2D eigenvalue weighted by Crippen LogP contribution is 2.22. The van der Waals surface area contributed by atoms with E-state index in [0.717, 1.165) is 23.9 Å². The van der Waals surface area contributed by atoms with E-state index in [4.69, 9.17) is 5.11 Å². The van der Waals surface area contributed by atoms with E-state index in [1.807, 2.05) is 0 Å². The maximum absolute atomic E-state index is 8.61. The molecule has 0 saturated carbocycles. The molecule has 1 heterocycles. The van der Waals surface area contributed by atoms with Crippen LogP contribution in [0.4, 0.5) is 5.13 Å². The van der Waals surface area contributed by atoms with Crippen LogP contribution in [0.15, 0.2) is 0 Å². The van der Waals surface area contributed by atoms with E-state index in [1.165, 1.54) is 11.5 Å². The van der Waals surface area contributed by atoms with E-state index in [9.17, 15) is 0 Å². The number of hydrogen-bond acceptors (Lipinski definition) is 5. The minimum Gasteiger partial charge on any atom is -0.396 e. The molecule has 5 heteroatoms. The molecule has 0 unspecified atom stereocenters. The second-order valence-corrected chi connectivity index (χ2v) is 4.93. The third-order valence-electron chi connectivity index (χ3n) is 1.71. The fourth-order valence-electron chi connectivity index (χ4n) is 0.874. The summed E-state index contributed by atoms with van der Waals surface area (Å²) < 4.78 is 4.27. The first-order valence-corrected chi connectivity index (χ1v) is 5.50. The third kappa shape index (κ3) is 3.23. The lowest BCUT2D eigenvalue weighted by Gasteiger charge is -2.12. The SMILES string of the molecule is CC(C)(C)c1nsc(NCCCO)n1. The molecule has 0 fully saturated rings. The number of nitrogens with one attached hydrogen (secondary N) is 1. The summed E-state index contributed by atoms with van der Waals surface area (Å²) in [6.07, 6.45) is 0.741. The molecule has 0 aliphatic carbocycles. The lowest BCUT2D eigenvalue weighted by molar-refractivity contribution is 0.292. The van der Waals surface area contributed by atoms with E-state index in [1.54, 1.807) is 0 Å². The molecule has 0 radical (unpaired) electrons. The summed E-state index contributed by atoms with van der Waals surface area (Å²) in [5, 5.41) is 12.6. The van der Waals surface area contributed by atoms with Gasteiger partial charge in [-0.2, -0.15) is 4.37 Å². The van der Waals surface area contributed by atoms with Gasteiger partial charge in [-0.1, -0.05) is 20.8 Å². The Morgan fingerprint density at radius 2 is 2.14 bits per heavy atom. The van der Waals surface area contributed by atoms with Crippen LogP contribution in [-0.2, 0) is 5.41 Å². The molecule has 0 atom stereocenters. The van der Waals surface area contributed by atoms with Crippen molar-refractivity contribution < 1.29 is 5.11 Å². The molecule has 0 aliphatic rings. The maximum Gasteiger partial charge on any atom is 0.202 e. The molecule has 0 aromatic carbocycles. The topological polar surface area (TPSA) is 58.0 Å². The molecule has 1 aromatic heterocycles. The number of anilines is 1. The first-order chi connectivity index (χ1) is 6.54. The highest BCUT2D eigenvalue weighted by molar-refractivity contribution is 7.09. The smallest absolute Gasteiger partial charge is 0.202 e. The Morgan fingerprint density at radius 1 is 1.43 bits per heavy atom. The van der Waals surface area contributed by atoms with Crippen molar-refractivity contribution in [2.75, 3.05) is 18.5 Å². The van der Waals surface area contributed by atoms with Gasteiger partial charge in [0.1, 0.15) is 5.82 Å². The molecule has 1 aromatic rings. The Hall–Kier alpha value is -0.680. The molecule has 0 aliphatic heterocycles.